The van der Waals surface area contributed by atoms with Crippen LogP contribution in [0.1, 0.15) is 12.8 Å². The Kier molecular flexibility index (Phi) is 2.88. The van der Waals surface area contributed by atoms with Gasteiger partial charge in [0, 0.05) is 6.54 Å². The Morgan fingerprint density at radius 3 is 2.50 bits per heavy atom. The standard InChI is InChI=1S/C6H12NO4P/c8-6(4-12(9,10)11)7-3-5-1-2-5/h5H,1-4H2,(H,7,8)(H2,9,10,11)/p-2. The van der Waals surface area contributed by atoms with E-state index in [0.29, 0.717) is 12.5 Å². The first kappa shape index (κ1) is 9.71. The summed E-state index contributed by atoms with van der Waals surface area (Å²) in [7, 11) is -4.67. The highest BCUT2D eigenvalue weighted by atomic mass is 31.2. The average molecular weight is 191 g/mol. The summed E-state index contributed by atoms with van der Waals surface area (Å²) < 4.78 is 10.1. The largest absolute Gasteiger partial charge is 0.810 e. The van der Waals surface area contributed by atoms with Gasteiger partial charge in [0.1, 0.15) is 0 Å². The van der Waals surface area contributed by atoms with Gasteiger partial charge in [0.25, 0.3) is 0 Å². The van der Waals surface area contributed by atoms with E-state index in [9.17, 15) is 19.1 Å². The van der Waals surface area contributed by atoms with E-state index in [0.717, 1.165) is 12.8 Å². The van der Waals surface area contributed by atoms with Gasteiger partial charge in [0.15, 0.2) is 0 Å². The first-order chi connectivity index (χ1) is 5.47. The van der Waals surface area contributed by atoms with Gasteiger partial charge >= 0.3 is 0 Å². The molecule has 1 amide bonds. The Bertz CT molecular complexity index is 220. The number of hydrogen-bond donors (Lipinski definition) is 1. The maximum absolute atomic E-state index is 10.7. The van der Waals surface area contributed by atoms with Crippen LogP contribution in [0.15, 0.2) is 0 Å². The van der Waals surface area contributed by atoms with Gasteiger partial charge in [-0.2, -0.15) is 0 Å². The smallest absolute Gasteiger partial charge is 0.225 e. The molecule has 1 aliphatic rings. The minimum Gasteiger partial charge on any atom is -0.810 e. The molecule has 0 atom stereocenters. The van der Waals surface area contributed by atoms with Gasteiger partial charge in [-0.15, -0.1) is 0 Å². The zero-order chi connectivity index (χ0) is 9.19. The van der Waals surface area contributed by atoms with Crippen LogP contribution in [0.4, 0.5) is 0 Å². The lowest BCUT2D eigenvalue weighted by Gasteiger charge is -2.28. The van der Waals surface area contributed by atoms with Gasteiger partial charge < -0.3 is 19.7 Å². The summed E-state index contributed by atoms with van der Waals surface area (Å²) in [6.07, 6.45) is 1.24. The molecule has 5 nitrogen and oxygen atoms in total. The van der Waals surface area contributed by atoms with E-state index in [-0.39, 0.29) is 0 Å². The predicted octanol–water partition coefficient (Wildman–Crippen LogP) is -1.57. The number of rotatable bonds is 4. The second-order valence-corrected chi connectivity index (χ2v) is 4.55. The van der Waals surface area contributed by atoms with Gasteiger partial charge in [0.2, 0.25) is 5.91 Å². The molecule has 0 aliphatic heterocycles. The summed E-state index contributed by atoms with van der Waals surface area (Å²) in [5.74, 6) is -0.193. The van der Waals surface area contributed by atoms with Gasteiger partial charge in [-0.05, 0) is 18.8 Å². The first-order valence-corrected chi connectivity index (χ1v) is 5.48. The molecule has 0 bridgehead atoms. The number of carbonyl (C=O) groups excluding carboxylic acids is 1. The van der Waals surface area contributed by atoms with Crippen molar-refractivity contribution < 1.29 is 19.1 Å². The summed E-state index contributed by atoms with van der Waals surface area (Å²) in [4.78, 5) is 30.9. The first-order valence-electron chi connectivity index (χ1n) is 3.75. The molecule has 1 saturated carbocycles. The summed E-state index contributed by atoms with van der Waals surface area (Å²) in [5.41, 5.74) is 0. The monoisotopic (exact) mass is 191 g/mol. The Hall–Kier alpha value is -0.380. The Balaban J connectivity index is 2.14. The lowest BCUT2D eigenvalue weighted by Crippen LogP contribution is -2.32. The molecule has 0 aromatic carbocycles. The van der Waals surface area contributed by atoms with E-state index in [1.165, 1.54) is 0 Å². The predicted molar refractivity (Wildman–Crippen MR) is 38.2 cm³/mol. The van der Waals surface area contributed by atoms with E-state index in [1.807, 2.05) is 0 Å². The Labute approximate surface area is 70.3 Å². The molecule has 70 valence electrons. The molecule has 0 radical (unpaired) electrons. The molecule has 1 N–H and O–H groups in total. The fraction of sp³-hybridized carbons (Fsp3) is 0.833. The lowest BCUT2D eigenvalue weighted by molar-refractivity contribution is -0.312. The van der Waals surface area contributed by atoms with Crippen molar-refractivity contribution >= 4 is 13.5 Å². The molecule has 0 heterocycles. The van der Waals surface area contributed by atoms with Crippen LogP contribution in [0.25, 0.3) is 0 Å². The number of nitrogens with one attached hydrogen (secondary N) is 1. The third kappa shape index (κ3) is 4.49. The quantitative estimate of drug-likeness (QED) is 0.543. The Morgan fingerprint density at radius 1 is 1.50 bits per heavy atom. The van der Waals surface area contributed by atoms with Crippen molar-refractivity contribution in [2.75, 3.05) is 12.7 Å². The van der Waals surface area contributed by atoms with Gasteiger partial charge in [-0.3, -0.25) is 4.79 Å². The van der Waals surface area contributed by atoms with Gasteiger partial charge in [0.05, 0.1) is 6.16 Å². The normalized spacial score (nSPS) is 17.5. The molecular weight excluding hydrogens is 181 g/mol. The molecule has 0 aromatic heterocycles. The molecule has 0 saturated heterocycles. The van der Waals surface area contributed by atoms with Gasteiger partial charge in [-0.25, -0.2) is 0 Å². The summed E-state index contributed by atoms with van der Waals surface area (Å²) in [6, 6.07) is 0. The Morgan fingerprint density at radius 2 is 2.08 bits per heavy atom. The van der Waals surface area contributed by atoms with E-state index in [4.69, 9.17) is 0 Å². The third-order valence-electron chi connectivity index (χ3n) is 1.62. The van der Waals surface area contributed by atoms with E-state index in [2.05, 4.69) is 5.32 Å². The SMILES string of the molecule is O=C(CP(=O)([O-])[O-])NCC1CC1. The van der Waals surface area contributed by atoms with E-state index in [1.54, 1.807) is 0 Å². The molecular formula is C6H10NO4P-2. The number of amides is 1. The van der Waals surface area contributed by atoms with Crippen molar-refractivity contribution in [1.29, 1.82) is 0 Å². The molecule has 1 fully saturated rings. The highest BCUT2D eigenvalue weighted by molar-refractivity contribution is 7.49. The van der Waals surface area contributed by atoms with Crippen molar-refractivity contribution in [3.8, 4) is 0 Å². The van der Waals surface area contributed by atoms with Gasteiger partial charge in [-0.1, -0.05) is 7.60 Å². The van der Waals surface area contributed by atoms with Crippen molar-refractivity contribution in [3.05, 3.63) is 0 Å². The molecule has 6 heteroatoms. The van der Waals surface area contributed by atoms with Crippen LogP contribution in [0.3, 0.4) is 0 Å². The molecule has 1 rings (SSSR count). The van der Waals surface area contributed by atoms with E-state index < -0.39 is 19.7 Å². The van der Waals surface area contributed by atoms with Crippen molar-refractivity contribution in [2.45, 2.75) is 12.8 Å². The zero-order valence-electron chi connectivity index (χ0n) is 6.49. The topological polar surface area (TPSA) is 92.3 Å². The fourth-order valence-corrected chi connectivity index (χ4v) is 1.28. The molecule has 1 aliphatic carbocycles. The number of carbonyl (C=O) groups is 1. The van der Waals surface area contributed by atoms with Crippen LogP contribution in [-0.4, -0.2) is 18.6 Å². The van der Waals surface area contributed by atoms with Crippen LogP contribution < -0.4 is 15.1 Å². The maximum Gasteiger partial charge on any atom is 0.225 e. The highest BCUT2D eigenvalue weighted by Crippen LogP contribution is 2.28. The van der Waals surface area contributed by atoms with Crippen LogP contribution >= 0.6 is 7.60 Å². The van der Waals surface area contributed by atoms with Crippen LogP contribution in [0.2, 0.25) is 0 Å². The molecule has 12 heavy (non-hydrogen) atoms. The second-order valence-electron chi connectivity index (χ2n) is 3.02. The van der Waals surface area contributed by atoms with Crippen LogP contribution in [-0.2, 0) is 9.36 Å². The van der Waals surface area contributed by atoms with Crippen molar-refractivity contribution in [3.63, 3.8) is 0 Å². The molecule has 0 spiro atoms. The maximum atomic E-state index is 10.7. The van der Waals surface area contributed by atoms with Crippen LogP contribution in [0, 0.1) is 5.92 Å². The third-order valence-corrected chi connectivity index (χ3v) is 2.30. The minimum atomic E-state index is -4.67. The summed E-state index contributed by atoms with van der Waals surface area (Å²) in [5, 5.41) is 2.39. The van der Waals surface area contributed by atoms with Crippen molar-refractivity contribution in [2.24, 2.45) is 5.92 Å². The van der Waals surface area contributed by atoms with Crippen LogP contribution in [0.5, 0.6) is 0 Å². The lowest BCUT2D eigenvalue weighted by atomic mass is 10.4. The summed E-state index contributed by atoms with van der Waals surface area (Å²) >= 11 is 0. The minimum absolute atomic E-state index is 0.492. The highest BCUT2D eigenvalue weighted by Gasteiger charge is 2.21. The van der Waals surface area contributed by atoms with Crippen molar-refractivity contribution in [1.82, 2.24) is 5.32 Å². The fourth-order valence-electron chi connectivity index (χ4n) is 0.812. The molecule has 0 unspecified atom stereocenters. The zero-order valence-corrected chi connectivity index (χ0v) is 7.38. The molecule has 0 aromatic rings. The second kappa shape index (κ2) is 3.56. The van der Waals surface area contributed by atoms with E-state index >= 15 is 0 Å². The number of hydrogen-bond acceptors (Lipinski definition) is 4. The summed E-state index contributed by atoms with van der Waals surface area (Å²) in [6.45, 7) is 0.499. The average Bonchev–Trinajstić information content (AvgIpc) is 2.61.